The second-order valence-corrected chi connectivity index (χ2v) is 5.69. The van der Waals surface area contributed by atoms with Crippen molar-refractivity contribution in [2.24, 2.45) is 5.92 Å². The van der Waals surface area contributed by atoms with Crippen LogP contribution in [0.15, 0.2) is 24.3 Å². The maximum atomic E-state index is 12.9. The molecule has 1 aromatic rings. The van der Waals surface area contributed by atoms with Crippen LogP contribution in [0.25, 0.3) is 0 Å². The number of carbonyl (C=O) groups is 2. The summed E-state index contributed by atoms with van der Waals surface area (Å²) >= 11 is 0. The van der Waals surface area contributed by atoms with E-state index < -0.39 is 6.04 Å². The molecule has 0 aromatic heterocycles. The Balaban J connectivity index is 2.05. The van der Waals surface area contributed by atoms with Gasteiger partial charge in [-0.05, 0) is 43.0 Å². The minimum absolute atomic E-state index is 0.251. The summed E-state index contributed by atoms with van der Waals surface area (Å²) in [6, 6.07) is 4.84. The van der Waals surface area contributed by atoms with Gasteiger partial charge in [0.15, 0.2) is 0 Å². The number of nitrogens with zero attached hydrogens (tertiary/aromatic N) is 1. The van der Waals surface area contributed by atoms with Crippen LogP contribution in [0.3, 0.4) is 0 Å². The molecule has 21 heavy (non-hydrogen) atoms. The van der Waals surface area contributed by atoms with Crippen LogP contribution < -0.4 is 0 Å². The standard InChI is InChI=1S/C16H20FNO3/c1-11(2)10-21-16(20)14-4-3-9-18(14)15(19)12-5-7-13(17)8-6-12/h5-8,11,14H,3-4,9-10H2,1-2H3. The third-order valence-corrected chi connectivity index (χ3v) is 3.44. The number of rotatable bonds is 4. The molecule has 1 heterocycles. The van der Waals surface area contributed by atoms with Crippen LogP contribution in [0, 0.1) is 11.7 Å². The highest BCUT2D eigenvalue weighted by Gasteiger charge is 2.35. The third-order valence-electron chi connectivity index (χ3n) is 3.44. The zero-order valence-electron chi connectivity index (χ0n) is 12.3. The van der Waals surface area contributed by atoms with Gasteiger partial charge in [-0.2, -0.15) is 0 Å². The van der Waals surface area contributed by atoms with Gasteiger partial charge in [0.05, 0.1) is 6.61 Å². The van der Waals surface area contributed by atoms with Gasteiger partial charge in [-0.1, -0.05) is 13.8 Å². The molecule has 0 bridgehead atoms. The fraction of sp³-hybridized carbons (Fsp3) is 0.500. The average molecular weight is 293 g/mol. The van der Waals surface area contributed by atoms with Gasteiger partial charge in [0, 0.05) is 12.1 Å². The number of carbonyl (C=O) groups excluding carboxylic acids is 2. The topological polar surface area (TPSA) is 46.6 Å². The van der Waals surface area contributed by atoms with Crippen molar-refractivity contribution in [2.45, 2.75) is 32.7 Å². The third kappa shape index (κ3) is 3.80. The number of amides is 1. The van der Waals surface area contributed by atoms with Gasteiger partial charge < -0.3 is 9.64 Å². The van der Waals surface area contributed by atoms with Crippen LogP contribution in [0.4, 0.5) is 4.39 Å². The minimum atomic E-state index is -0.527. The van der Waals surface area contributed by atoms with Crippen molar-refractivity contribution in [1.29, 1.82) is 0 Å². The molecule has 1 aromatic carbocycles. The Labute approximate surface area is 123 Å². The van der Waals surface area contributed by atoms with Crippen molar-refractivity contribution in [1.82, 2.24) is 4.90 Å². The van der Waals surface area contributed by atoms with E-state index in [0.29, 0.717) is 25.1 Å². The summed E-state index contributed by atoms with van der Waals surface area (Å²) in [6.45, 7) is 4.80. The van der Waals surface area contributed by atoms with E-state index in [1.54, 1.807) is 0 Å². The molecule has 4 nitrogen and oxygen atoms in total. The largest absolute Gasteiger partial charge is 0.464 e. The summed E-state index contributed by atoms with van der Waals surface area (Å²) in [5.41, 5.74) is 0.389. The molecule has 1 amide bonds. The molecule has 114 valence electrons. The molecule has 0 saturated carbocycles. The maximum Gasteiger partial charge on any atom is 0.328 e. The molecule has 1 atom stereocenters. The lowest BCUT2D eigenvalue weighted by molar-refractivity contribution is -0.149. The van der Waals surface area contributed by atoms with Crippen LogP contribution in [0.5, 0.6) is 0 Å². The number of esters is 1. The second-order valence-electron chi connectivity index (χ2n) is 5.69. The van der Waals surface area contributed by atoms with E-state index in [4.69, 9.17) is 4.74 Å². The Bertz CT molecular complexity index is 513. The Hall–Kier alpha value is -1.91. The lowest BCUT2D eigenvalue weighted by atomic mass is 10.1. The summed E-state index contributed by atoms with van der Waals surface area (Å²) in [7, 11) is 0. The van der Waals surface area contributed by atoms with Gasteiger partial charge in [0.2, 0.25) is 0 Å². The molecular formula is C16H20FNO3. The van der Waals surface area contributed by atoms with Crippen molar-refractivity contribution in [2.75, 3.05) is 13.2 Å². The Morgan fingerprint density at radius 3 is 2.62 bits per heavy atom. The van der Waals surface area contributed by atoms with Crippen molar-refractivity contribution < 1.29 is 18.7 Å². The summed E-state index contributed by atoms with van der Waals surface area (Å²) in [5, 5.41) is 0. The predicted octanol–water partition coefficient (Wildman–Crippen LogP) is 2.63. The van der Waals surface area contributed by atoms with Crippen LogP contribution >= 0.6 is 0 Å². The van der Waals surface area contributed by atoms with E-state index in [1.165, 1.54) is 29.2 Å². The van der Waals surface area contributed by atoms with E-state index >= 15 is 0 Å². The minimum Gasteiger partial charge on any atom is -0.464 e. The van der Waals surface area contributed by atoms with E-state index in [-0.39, 0.29) is 23.6 Å². The molecule has 0 radical (unpaired) electrons. The zero-order valence-corrected chi connectivity index (χ0v) is 12.3. The fourth-order valence-corrected chi connectivity index (χ4v) is 2.36. The quantitative estimate of drug-likeness (QED) is 0.802. The van der Waals surface area contributed by atoms with Gasteiger partial charge in [-0.25, -0.2) is 9.18 Å². The average Bonchev–Trinajstić information content (AvgIpc) is 2.94. The number of benzene rings is 1. The molecule has 1 unspecified atom stereocenters. The maximum absolute atomic E-state index is 12.9. The number of likely N-dealkylation sites (tertiary alicyclic amines) is 1. The lowest BCUT2D eigenvalue weighted by Gasteiger charge is -2.23. The summed E-state index contributed by atoms with van der Waals surface area (Å²) < 4.78 is 18.1. The van der Waals surface area contributed by atoms with E-state index in [9.17, 15) is 14.0 Å². The first-order valence-corrected chi connectivity index (χ1v) is 7.22. The Kier molecular flexibility index (Phi) is 4.94. The smallest absolute Gasteiger partial charge is 0.328 e. The lowest BCUT2D eigenvalue weighted by Crippen LogP contribution is -2.41. The van der Waals surface area contributed by atoms with Gasteiger partial charge >= 0.3 is 5.97 Å². The zero-order chi connectivity index (χ0) is 15.4. The molecule has 1 fully saturated rings. The SMILES string of the molecule is CC(C)COC(=O)C1CCCN1C(=O)c1ccc(F)cc1. The first-order chi connectivity index (χ1) is 9.99. The Morgan fingerprint density at radius 1 is 1.33 bits per heavy atom. The van der Waals surface area contributed by atoms with E-state index in [0.717, 1.165) is 6.42 Å². The van der Waals surface area contributed by atoms with Crippen LogP contribution in [0.2, 0.25) is 0 Å². The number of halogens is 1. The molecule has 1 saturated heterocycles. The van der Waals surface area contributed by atoms with Crippen molar-refractivity contribution in [3.05, 3.63) is 35.6 Å². The van der Waals surface area contributed by atoms with Gasteiger partial charge in [-0.15, -0.1) is 0 Å². The van der Waals surface area contributed by atoms with Gasteiger partial charge in [0.25, 0.3) is 5.91 Å². The second kappa shape index (κ2) is 6.70. The highest BCUT2D eigenvalue weighted by Crippen LogP contribution is 2.21. The number of hydrogen-bond acceptors (Lipinski definition) is 3. The highest BCUT2D eigenvalue weighted by molar-refractivity contribution is 5.97. The molecule has 0 aliphatic carbocycles. The van der Waals surface area contributed by atoms with Gasteiger partial charge in [-0.3, -0.25) is 4.79 Å². The first-order valence-electron chi connectivity index (χ1n) is 7.22. The van der Waals surface area contributed by atoms with Crippen LogP contribution in [-0.4, -0.2) is 36.0 Å². The number of ether oxygens (including phenoxy) is 1. The van der Waals surface area contributed by atoms with Gasteiger partial charge in [0.1, 0.15) is 11.9 Å². The molecule has 1 aliphatic rings. The van der Waals surface area contributed by atoms with Crippen LogP contribution in [-0.2, 0) is 9.53 Å². The molecule has 1 aliphatic heterocycles. The Morgan fingerprint density at radius 2 is 2.00 bits per heavy atom. The predicted molar refractivity (Wildman–Crippen MR) is 76.3 cm³/mol. The highest BCUT2D eigenvalue weighted by atomic mass is 19.1. The van der Waals surface area contributed by atoms with Crippen molar-refractivity contribution >= 4 is 11.9 Å². The summed E-state index contributed by atoms with van der Waals surface area (Å²) in [6.07, 6.45) is 1.39. The fourth-order valence-electron chi connectivity index (χ4n) is 2.36. The monoisotopic (exact) mass is 293 g/mol. The number of hydrogen-bond donors (Lipinski definition) is 0. The first kappa shape index (κ1) is 15.5. The molecule has 2 rings (SSSR count). The molecule has 0 N–H and O–H groups in total. The van der Waals surface area contributed by atoms with Crippen LogP contribution in [0.1, 0.15) is 37.0 Å². The van der Waals surface area contributed by atoms with E-state index in [2.05, 4.69) is 0 Å². The molecule has 5 heteroatoms. The summed E-state index contributed by atoms with van der Waals surface area (Å²) in [5.74, 6) is -0.729. The molecule has 0 spiro atoms. The van der Waals surface area contributed by atoms with Crippen molar-refractivity contribution in [3.8, 4) is 0 Å². The van der Waals surface area contributed by atoms with Crippen molar-refractivity contribution in [3.63, 3.8) is 0 Å². The van der Waals surface area contributed by atoms with E-state index in [1.807, 2.05) is 13.8 Å². The summed E-state index contributed by atoms with van der Waals surface area (Å²) in [4.78, 5) is 26.0. The molecular weight excluding hydrogens is 273 g/mol. The normalized spacial score (nSPS) is 18.1.